The van der Waals surface area contributed by atoms with E-state index in [0.29, 0.717) is 0 Å². The Hall–Kier alpha value is -1.86. The van der Waals surface area contributed by atoms with Crippen LogP contribution in [0.5, 0.6) is 0 Å². The number of aliphatic hydroxyl groups excluding tert-OH is 1. The van der Waals surface area contributed by atoms with Crippen LogP contribution in [0.2, 0.25) is 0 Å². The van der Waals surface area contributed by atoms with Gasteiger partial charge in [-0.15, -0.1) is 0 Å². The summed E-state index contributed by atoms with van der Waals surface area (Å²) in [4.78, 5) is 0. The summed E-state index contributed by atoms with van der Waals surface area (Å²) in [6.45, 7) is 0. The third kappa shape index (κ3) is 1.79. The van der Waals surface area contributed by atoms with E-state index < -0.39 is 6.10 Å². The lowest BCUT2D eigenvalue weighted by molar-refractivity contribution is 0.160. The molecule has 0 aromatic heterocycles. The molecule has 0 saturated heterocycles. The van der Waals surface area contributed by atoms with Crippen LogP contribution in [0.3, 0.4) is 0 Å². The van der Waals surface area contributed by atoms with Gasteiger partial charge in [0.05, 0.1) is 6.10 Å². The van der Waals surface area contributed by atoms with Crippen LogP contribution in [0.1, 0.15) is 28.7 Å². The van der Waals surface area contributed by atoms with Crippen LogP contribution >= 0.6 is 0 Å². The molecule has 0 amide bonds. The van der Waals surface area contributed by atoms with Crippen LogP contribution in [-0.2, 0) is 0 Å². The third-order valence-electron chi connectivity index (χ3n) is 3.32. The first-order valence-corrected chi connectivity index (χ1v) is 5.86. The molecule has 84 valence electrons. The van der Waals surface area contributed by atoms with Crippen molar-refractivity contribution in [3.8, 4) is 0 Å². The van der Waals surface area contributed by atoms with E-state index in [1.165, 1.54) is 0 Å². The molecule has 1 aliphatic rings. The molecule has 0 fully saturated rings. The smallest absolute Gasteiger partial charge is 0.0899 e. The fraction of sp³-hybridized carbons (Fsp3) is 0.125. The predicted octanol–water partition coefficient (Wildman–Crippen LogP) is 3.53. The molecule has 3 rings (SSSR count). The molecule has 0 aliphatic heterocycles. The number of hydrogen-bond donors (Lipinski definition) is 1. The van der Waals surface area contributed by atoms with Gasteiger partial charge in [0.1, 0.15) is 0 Å². The van der Waals surface area contributed by atoms with Gasteiger partial charge in [0.15, 0.2) is 0 Å². The Morgan fingerprint density at radius 1 is 0.824 bits per heavy atom. The van der Waals surface area contributed by atoms with Crippen LogP contribution in [0.4, 0.5) is 0 Å². The lowest BCUT2D eigenvalue weighted by Gasteiger charge is -2.26. The molecule has 0 saturated carbocycles. The maximum Gasteiger partial charge on any atom is 0.0899 e. The van der Waals surface area contributed by atoms with Gasteiger partial charge in [-0.25, -0.2) is 0 Å². The topological polar surface area (TPSA) is 20.2 Å². The van der Waals surface area contributed by atoms with Gasteiger partial charge in [-0.2, -0.15) is 0 Å². The first kappa shape index (κ1) is 10.3. The van der Waals surface area contributed by atoms with E-state index in [1.807, 2.05) is 42.5 Å². The summed E-state index contributed by atoms with van der Waals surface area (Å²) in [6.07, 6.45) is 3.74. The van der Waals surface area contributed by atoms with E-state index in [4.69, 9.17) is 0 Å². The van der Waals surface area contributed by atoms with Crippen molar-refractivity contribution in [1.82, 2.24) is 0 Å². The van der Waals surface area contributed by atoms with E-state index in [2.05, 4.69) is 24.3 Å². The van der Waals surface area contributed by atoms with Crippen molar-refractivity contribution in [3.05, 3.63) is 77.4 Å². The van der Waals surface area contributed by atoms with Gasteiger partial charge >= 0.3 is 0 Å². The summed E-state index contributed by atoms with van der Waals surface area (Å²) in [6, 6.07) is 18.2. The molecule has 0 radical (unpaired) electrons. The van der Waals surface area contributed by atoms with E-state index in [-0.39, 0.29) is 5.92 Å². The Balaban J connectivity index is 2.03. The van der Waals surface area contributed by atoms with Gasteiger partial charge in [-0.05, 0) is 16.7 Å². The predicted molar refractivity (Wildman–Crippen MR) is 69.6 cm³/mol. The van der Waals surface area contributed by atoms with Gasteiger partial charge in [0, 0.05) is 5.92 Å². The highest BCUT2D eigenvalue weighted by Crippen LogP contribution is 2.38. The maximum atomic E-state index is 10.4. The maximum absolute atomic E-state index is 10.4. The van der Waals surface area contributed by atoms with Crippen LogP contribution in [-0.4, -0.2) is 5.11 Å². The number of aliphatic hydroxyl groups is 1. The zero-order valence-electron chi connectivity index (χ0n) is 9.45. The van der Waals surface area contributed by atoms with Crippen LogP contribution in [0.15, 0.2) is 60.7 Å². The lowest BCUT2D eigenvalue weighted by atomic mass is 9.83. The van der Waals surface area contributed by atoms with Crippen molar-refractivity contribution in [2.45, 2.75) is 12.0 Å². The summed E-state index contributed by atoms with van der Waals surface area (Å²) < 4.78 is 0. The lowest BCUT2D eigenvalue weighted by Crippen LogP contribution is -2.13. The average Bonchev–Trinajstić information content (AvgIpc) is 2.40. The van der Waals surface area contributed by atoms with Crippen molar-refractivity contribution in [2.75, 3.05) is 0 Å². The van der Waals surface area contributed by atoms with Gasteiger partial charge in [-0.3, -0.25) is 0 Å². The normalized spacial score (nSPS) is 22.2. The van der Waals surface area contributed by atoms with E-state index in [0.717, 1.165) is 16.7 Å². The van der Waals surface area contributed by atoms with E-state index in [1.54, 1.807) is 0 Å². The Kier molecular flexibility index (Phi) is 2.54. The SMILES string of the molecule is O[C@H]1c2ccccc2C=C[C@H]1c1ccccc1. The number of rotatable bonds is 1. The molecular weight excluding hydrogens is 208 g/mol. The standard InChI is InChI=1S/C16H14O/c17-16-14-9-5-4-8-13(14)10-11-15(16)12-6-2-1-3-7-12/h1-11,15-17H/t15-,16-/m0/s1. The minimum Gasteiger partial charge on any atom is -0.387 e. The molecule has 1 nitrogen and oxygen atoms in total. The second-order valence-corrected chi connectivity index (χ2v) is 4.37. The third-order valence-corrected chi connectivity index (χ3v) is 3.32. The monoisotopic (exact) mass is 222 g/mol. The zero-order valence-corrected chi connectivity index (χ0v) is 9.45. The molecule has 17 heavy (non-hydrogen) atoms. The minimum atomic E-state index is -0.446. The van der Waals surface area contributed by atoms with Crippen LogP contribution < -0.4 is 0 Å². The second kappa shape index (κ2) is 4.19. The number of hydrogen-bond acceptors (Lipinski definition) is 1. The van der Waals surface area contributed by atoms with E-state index in [9.17, 15) is 5.11 Å². The molecule has 0 bridgehead atoms. The molecule has 0 spiro atoms. The van der Waals surface area contributed by atoms with Crippen LogP contribution in [0, 0.1) is 0 Å². The highest BCUT2D eigenvalue weighted by Gasteiger charge is 2.24. The summed E-state index contributed by atoms with van der Waals surface area (Å²) in [7, 11) is 0. The second-order valence-electron chi connectivity index (χ2n) is 4.37. The summed E-state index contributed by atoms with van der Waals surface area (Å²) in [5.41, 5.74) is 3.29. The first-order valence-electron chi connectivity index (χ1n) is 5.86. The summed E-state index contributed by atoms with van der Waals surface area (Å²) in [5.74, 6) is 0.0612. The Morgan fingerprint density at radius 3 is 2.35 bits per heavy atom. The Morgan fingerprint density at radius 2 is 1.53 bits per heavy atom. The highest BCUT2D eigenvalue weighted by molar-refractivity contribution is 5.59. The first-order chi connectivity index (χ1) is 8.36. The van der Waals surface area contributed by atoms with Crippen molar-refractivity contribution >= 4 is 6.08 Å². The molecule has 1 heteroatoms. The largest absolute Gasteiger partial charge is 0.387 e. The van der Waals surface area contributed by atoms with Gasteiger partial charge in [-0.1, -0.05) is 66.7 Å². The molecule has 2 aromatic carbocycles. The molecule has 0 heterocycles. The fourth-order valence-corrected chi connectivity index (χ4v) is 2.41. The highest BCUT2D eigenvalue weighted by atomic mass is 16.3. The fourth-order valence-electron chi connectivity index (χ4n) is 2.41. The molecule has 1 N–H and O–H groups in total. The van der Waals surface area contributed by atoms with E-state index >= 15 is 0 Å². The minimum absolute atomic E-state index is 0.0612. The molecule has 1 aliphatic carbocycles. The number of benzene rings is 2. The molecule has 2 atom stereocenters. The summed E-state index contributed by atoms with van der Waals surface area (Å²) in [5, 5.41) is 10.4. The summed E-state index contributed by atoms with van der Waals surface area (Å²) >= 11 is 0. The van der Waals surface area contributed by atoms with Crippen LogP contribution in [0.25, 0.3) is 6.08 Å². The van der Waals surface area contributed by atoms with Crippen molar-refractivity contribution < 1.29 is 5.11 Å². The van der Waals surface area contributed by atoms with Gasteiger partial charge in [0.2, 0.25) is 0 Å². The van der Waals surface area contributed by atoms with Crippen molar-refractivity contribution in [2.24, 2.45) is 0 Å². The van der Waals surface area contributed by atoms with Gasteiger partial charge in [0.25, 0.3) is 0 Å². The quantitative estimate of drug-likeness (QED) is 0.782. The van der Waals surface area contributed by atoms with Crippen molar-refractivity contribution in [3.63, 3.8) is 0 Å². The zero-order chi connectivity index (χ0) is 11.7. The van der Waals surface area contributed by atoms with Crippen molar-refractivity contribution in [1.29, 1.82) is 0 Å². The Labute approximate surface area is 101 Å². The molecule has 0 unspecified atom stereocenters. The average molecular weight is 222 g/mol. The Bertz CT molecular complexity index is 542. The molecule has 2 aromatic rings. The number of fused-ring (bicyclic) bond motifs is 1. The van der Waals surface area contributed by atoms with Gasteiger partial charge < -0.3 is 5.11 Å². The molecular formula is C16H14O.